The van der Waals surface area contributed by atoms with Gasteiger partial charge in [-0.25, -0.2) is 14.6 Å². The molecular formula is C27H32N6O5S2. The highest BCUT2D eigenvalue weighted by Crippen LogP contribution is 2.40. The van der Waals surface area contributed by atoms with Gasteiger partial charge in [-0.1, -0.05) is 6.92 Å². The van der Waals surface area contributed by atoms with Crippen molar-refractivity contribution in [2.75, 3.05) is 43.0 Å². The molecule has 0 aromatic carbocycles. The van der Waals surface area contributed by atoms with E-state index in [0.29, 0.717) is 67.5 Å². The van der Waals surface area contributed by atoms with Crippen molar-refractivity contribution in [3.63, 3.8) is 0 Å². The number of carbonyl (C=O) groups excluding carboxylic acids is 1. The van der Waals surface area contributed by atoms with E-state index in [1.807, 2.05) is 18.7 Å². The van der Waals surface area contributed by atoms with Crippen LogP contribution < -0.4 is 15.6 Å². The van der Waals surface area contributed by atoms with Crippen molar-refractivity contribution in [2.45, 2.75) is 46.6 Å². The van der Waals surface area contributed by atoms with Gasteiger partial charge in [0, 0.05) is 50.0 Å². The maximum absolute atomic E-state index is 12.9. The van der Waals surface area contributed by atoms with Crippen LogP contribution in [0.2, 0.25) is 0 Å². The summed E-state index contributed by atoms with van der Waals surface area (Å²) in [6.07, 6.45) is 5.61. The fraction of sp³-hybridized carbons (Fsp3) is 0.481. The number of thiocarbonyl (C=S) groups is 1. The van der Waals surface area contributed by atoms with E-state index in [1.165, 1.54) is 17.3 Å². The number of ether oxygens (including phenoxy) is 1. The number of anilines is 2. The number of nitrogens with one attached hydrogen (secondary N) is 1. The molecule has 1 aliphatic heterocycles. The van der Waals surface area contributed by atoms with Gasteiger partial charge in [0.05, 0.1) is 17.6 Å². The molecule has 0 saturated carbocycles. The van der Waals surface area contributed by atoms with Crippen LogP contribution in [-0.2, 0) is 24.1 Å². The van der Waals surface area contributed by atoms with Crippen molar-refractivity contribution in [1.82, 2.24) is 19.4 Å². The van der Waals surface area contributed by atoms with E-state index >= 15 is 0 Å². The lowest BCUT2D eigenvalue weighted by molar-refractivity contribution is 0.0526. The van der Waals surface area contributed by atoms with Crippen LogP contribution in [0.1, 0.15) is 58.3 Å². The highest BCUT2D eigenvalue weighted by atomic mass is 32.1. The Morgan fingerprint density at radius 2 is 2.00 bits per heavy atom. The highest BCUT2D eigenvalue weighted by molar-refractivity contribution is 7.80. The van der Waals surface area contributed by atoms with Gasteiger partial charge in [0.15, 0.2) is 5.11 Å². The smallest absolute Gasteiger partial charge is 0.341 e. The topological polar surface area (TPSA) is 130 Å². The number of aryl methyl sites for hydroxylation is 1. The molecule has 1 fully saturated rings. The van der Waals surface area contributed by atoms with Gasteiger partial charge >= 0.3 is 11.9 Å². The summed E-state index contributed by atoms with van der Waals surface area (Å²) in [7, 11) is 0. The maximum atomic E-state index is 12.9. The van der Waals surface area contributed by atoms with E-state index in [2.05, 4.69) is 27.1 Å². The predicted molar refractivity (Wildman–Crippen MR) is 158 cm³/mol. The Balaban J connectivity index is 1.31. The molecule has 0 spiro atoms. The molecule has 1 aliphatic carbocycles. The molecule has 1 saturated heterocycles. The summed E-state index contributed by atoms with van der Waals surface area (Å²) < 4.78 is 7.04. The molecule has 1 atom stereocenters. The van der Waals surface area contributed by atoms with Crippen molar-refractivity contribution in [3.8, 4) is 0 Å². The molecule has 40 heavy (non-hydrogen) atoms. The number of nitrogens with zero attached hydrogens (tertiary/aromatic N) is 5. The summed E-state index contributed by atoms with van der Waals surface area (Å²) >= 11 is 7.36. The molecule has 1 unspecified atom stereocenters. The second-order valence-electron chi connectivity index (χ2n) is 10.1. The van der Waals surface area contributed by atoms with Crippen molar-refractivity contribution in [3.05, 3.63) is 44.2 Å². The molecule has 212 valence electrons. The molecule has 11 nitrogen and oxygen atoms in total. The molecule has 4 heterocycles. The number of hydrogen-bond acceptors (Lipinski definition) is 9. The quantitative estimate of drug-likeness (QED) is 0.327. The Labute approximate surface area is 240 Å². The number of aromatic nitrogens is 3. The third-order valence-electron chi connectivity index (χ3n) is 7.43. The molecule has 0 bridgehead atoms. The van der Waals surface area contributed by atoms with Crippen molar-refractivity contribution >= 4 is 62.6 Å². The van der Waals surface area contributed by atoms with Gasteiger partial charge in [-0.05, 0) is 56.8 Å². The normalized spacial score (nSPS) is 17.0. The van der Waals surface area contributed by atoms with E-state index < -0.39 is 11.4 Å². The Bertz CT molecular complexity index is 1540. The number of carboxylic acids is 1. The molecular weight excluding hydrogens is 552 g/mol. The molecule has 5 rings (SSSR count). The predicted octanol–water partition coefficient (Wildman–Crippen LogP) is 3.39. The Hall–Kier alpha value is -3.58. The number of carboxylic acid groups (broad SMARTS) is 1. The molecule has 2 N–H and O–H groups in total. The standard InChI is InChI=1S/C27H32N6O5S2/c1-4-31-14-18(24(35)36)21(34)17-13-28-26(29-22(17)31)32-8-10-33(11-9-32)27(39)30-23-20(25(37)38-5-2)16-7-6-15(3)12-19(16)40-23/h13-15H,4-12H2,1-3H3,(H,30,39)(H,35,36). The molecule has 2 aliphatic rings. The number of hydrogen-bond donors (Lipinski definition) is 2. The van der Waals surface area contributed by atoms with Crippen LogP contribution in [0.15, 0.2) is 17.2 Å². The third-order valence-corrected chi connectivity index (χ3v) is 8.96. The van der Waals surface area contributed by atoms with Gasteiger partial charge < -0.3 is 29.5 Å². The van der Waals surface area contributed by atoms with E-state index in [1.54, 1.807) is 15.9 Å². The van der Waals surface area contributed by atoms with Crippen LogP contribution in [0.5, 0.6) is 0 Å². The number of carbonyl (C=O) groups is 2. The lowest BCUT2D eigenvalue weighted by Gasteiger charge is -2.36. The van der Waals surface area contributed by atoms with E-state index in [9.17, 15) is 19.5 Å². The molecule has 3 aromatic heterocycles. The first-order valence-corrected chi connectivity index (χ1v) is 14.7. The molecule has 3 aromatic rings. The van der Waals surface area contributed by atoms with E-state index in [0.717, 1.165) is 29.8 Å². The number of pyridine rings is 1. The lowest BCUT2D eigenvalue weighted by atomic mass is 9.88. The van der Waals surface area contributed by atoms with Crippen LogP contribution in [-0.4, -0.2) is 74.4 Å². The summed E-state index contributed by atoms with van der Waals surface area (Å²) in [5.74, 6) is -0.525. The zero-order valence-corrected chi connectivity index (χ0v) is 24.4. The highest BCUT2D eigenvalue weighted by Gasteiger charge is 2.30. The largest absolute Gasteiger partial charge is 0.477 e. The van der Waals surface area contributed by atoms with Gasteiger partial charge in [-0.3, -0.25) is 4.79 Å². The average Bonchev–Trinajstić information content (AvgIpc) is 3.29. The van der Waals surface area contributed by atoms with Crippen LogP contribution in [0, 0.1) is 5.92 Å². The van der Waals surface area contributed by atoms with E-state index in [-0.39, 0.29) is 16.9 Å². The van der Waals surface area contributed by atoms with E-state index in [4.69, 9.17) is 17.0 Å². The number of esters is 1. The summed E-state index contributed by atoms with van der Waals surface area (Å²) in [4.78, 5) is 51.3. The first-order valence-electron chi connectivity index (χ1n) is 13.5. The molecule has 0 amide bonds. The first kappa shape index (κ1) is 28.0. The summed E-state index contributed by atoms with van der Waals surface area (Å²) in [5.41, 5.74) is 1.22. The van der Waals surface area contributed by atoms with Crippen LogP contribution >= 0.6 is 23.6 Å². The Morgan fingerprint density at radius 3 is 2.67 bits per heavy atom. The zero-order chi connectivity index (χ0) is 28.6. The third kappa shape index (κ3) is 5.27. The minimum atomic E-state index is -1.27. The van der Waals surface area contributed by atoms with Crippen LogP contribution in [0.25, 0.3) is 11.0 Å². The second-order valence-corrected chi connectivity index (χ2v) is 11.5. The van der Waals surface area contributed by atoms with Gasteiger partial charge in [0.1, 0.15) is 16.2 Å². The van der Waals surface area contributed by atoms with Gasteiger partial charge in [-0.2, -0.15) is 4.98 Å². The number of rotatable bonds is 6. The van der Waals surface area contributed by atoms with Crippen molar-refractivity contribution in [2.24, 2.45) is 5.92 Å². The Morgan fingerprint density at radius 1 is 1.25 bits per heavy atom. The summed E-state index contributed by atoms with van der Waals surface area (Å²) in [6.45, 7) is 9.10. The van der Waals surface area contributed by atoms with Gasteiger partial charge in [-0.15, -0.1) is 11.3 Å². The summed E-state index contributed by atoms with van der Waals surface area (Å²) in [6, 6.07) is 0. The SMILES string of the molecule is CCOC(=O)c1c(NC(=S)N2CCN(c3ncc4c(=O)c(C(=O)O)cn(CC)c4n3)CC2)sc2c1CCC(C)C2. The fourth-order valence-electron chi connectivity index (χ4n) is 5.25. The Kier molecular flexibility index (Phi) is 8.04. The molecule has 13 heteroatoms. The van der Waals surface area contributed by atoms with Crippen molar-refractivity contribution < 1.29 is 19.4 Å². The number of fused-ring (bicyclic) bond motifs is 2. The molecule has 0 radical (unpaired) electrons. The van der Waals surface area contributed by atoms with Gasteiger partial charge in [0.2, 0.25) is 11.4 Å². The minimum absolute atomic E-state index is 0.181. The average molecular weight is 585 g/mol. The summed E-state index contributed by atoms with van der Waals surface area (Å²) in [5, 5.41) is 14.2. The van der Waals surface area contributed by atoms with Gasteiger partial charge in [0.25, 0.3) is 0 Å². The number of piperazine rings is 1. The lowest BCUT2D eigenvalue weighted by Crippen LogP contribution is -2.50. The second kappa shape index (κ2) is 11.5. The van der Waals surface area contributed by atoms with Crippen LogP contribution in [0.3, 0.4) is 0 Å². The first-order chi connectivity index (χ1) is 19.2. The van der Waals surface area contributed by atoms with Crippen LogP contribution in [0.4, 0.5) is 10.9 Å². The van der Waals surface area contributed by atoms with Crippen molar-refractivity contribution in [1.29, 1.82) is 0 Å². The zero-order valence-electron chi connectivity index (χ0n) is 22.7. The fourth-order valence-corrected chi connectivity index (χ4v) is 7.00. The number of aromatic carboxylic acids is 1. The minimum Gasteiger partial charge on any atom is -0.477 e. The maximum Gasteiger partial charge on any atom is 0.341 e. The monoisotopic (exact) mass is 584 g/mol. The number of thiophene rings is 1.